The monoisotopic (exact) mass is 307 g/mol. The van der Waals surface area contributed by atoms with Crippen molar-refractivity contribution in [3.8, 4) is 0 Å². The minimum atomic E-state index is -1.19. The van der Waals surface area contributed by atoms with Crippen LogP contribution in [0.2, 0.25) is 0 Å². The van der Waals surface area contributed by atoms with Crippen molar-refractivity contribution >= 4 is 28.7 Å². The van der Waals surface area contributed by atoms with Gasteiger partial charge in [0.1, 0.15) is 0 Å². The number of aromatic carboxylic acids is 1. The van der Waals surface area contributed by atoms with Crippen LogP contribution >= 0.6 is 11.3 Å². The van der Waals surface area contributed by atoms with Gasteiger partial charge in [-0.1, -0.05) is 0 Å². The highest BCUT2D eigenvalue weighted by Gasteiger charge is 2.19. The maximum absolute atomic E-state index is 11.3. The molecule has 0 unspecified atom stereocenters. The van der Waals surface area contributed by atoms with Crippen molar-refractivity contribution in [1.82, 2.24) is 4.98 Å². The Hall–Kier alpha value is -2.48. The van der Waals surface area contributed by atoms with E-state index in [1.54, 1.807) is 17.5 Å². The number of thiazole rings is 1. The molecular formula is C13H13N3O4S. The van der Waals surface area contributed by atoms with Crippen molar-refractivity contribution in [2.24, 2.45) is 0 Å². The summed E-state index contributed by atoms with van der Waals surface area (Å²) in [5.74, 6) is -1.19. The molecule has 1 aromatic heterocycles. The molecule has 1 aromatic carbocycles. The molecule has 2 rings (SSSR count). The summed E-state index contributed by atoms with van der Waals surface area (Å²) < 4.78 is 0. The van der Waals surface area contributed by atoms with Crippen LogP contribution in [0.25, 0.3) is 0 Å². The molecule has 0 saturated carbocycles. The highest BCUT2D eigenvalue weighted by atomic mass is 32.1. The molecule has 0 spiro atoms. The van der Waals surface area contributed by atoms with Crippen molar-refractivity contribution in [3.05, 3.63) is 50.0 Å². The van der Waals surface area contributed by atoms with E-state index in [1.807, 2.05) is 6.92 Å². The zero-order valence-corrected chi connectivity index (χ0v) is 12.3. The second kappa shape index (κ2) is 5.88. The third kappa shape index (κ3) is 3.16. The van der Waals surface area contributed by atoms with Crippen molar-refractivity contribution in [1.29, 1.82) is 0 Å². The number of anilines is 1. The van der Waals surface area contributed by atoms with Crippen LogP contribution in [-0.4, -0.2) is 28.0 Å². The number of nitro groups is 1. The number of non-ortho nitro benzene ring substituents is 1. The molecule has 0 atom stereocenters. The lowest BCUT2D eigenvalue weighted by Crippen LogP contribution is -2.19. The van der Waals surface area contributed by atoms with E-state index in [9.17, 15) is 20.0 Å². The lowest BCUT2D eigenvalue weighted by molar-refractivity contribution is -0.384. The number of nitrogens with zero attached hydrogens (tertiary/aromatic N) is 3. The summed E-state index contributed by atoms with van der Waals surface area (Å²) in [5.41, 5.74) is 2.73. The smallest absolute Gasteiger partial charge is 0.338 e. The van der Waals surface area contributed by atoms with Gasteiger partial charge in [-0.05, 0) is 13.0 Å². The molecule has 21 heavy (non-hydrogen) atoms. The first-order chi connectivity index (χ1) is 9.90. The number of rotatable bonds is 5. The van der Waals surface area contributed by atoms with Gasteiger partial charge in [-0.2, -0.15) is 0 Å². The third-order valence-electron chi connectivity index (χ3n) is 3.06. The number of carboxylic acids is 1. The zero-order valence-electron chi connectivity index (χ0n) is 11.4. The average molecular weight is 307 g/mol. The summed E-state index contributed by atoms with van der Waals surface area (Å²) in [7, 11) is 1.74. The maximum atomic E-state index is 11.3. The number of nitro benzene ring substituents is 1. The van der Waals surface area contributed by atoms with E-state index >= 15 is 0 Å². The van der Waals surface area contributed by atoms with Crippen LogP contribution in [0.5, 0.6) is 0 Å². The largest absolute Gasteiger partial charge is 0.478 e. The quantitative estimate of drug-likeness (QED) is 0.674. The molecule has 0 bridgehead atoms. The van der Waals surface area contributed by atoms with E-state index in [0.29, 0.717) is 12.2 Å². The molecule has 0 aliphatic rings. The van der Waals surface area contributed by atoms with Gasteiger partial charge < -0.3 is 10.0 Å². The molecule has 7 nitrogen and oxygen atoms in total. The van der Waals surface area contributed by atoms with E-state index < -0.39 is 10.9 Å². The van der Waals surface area contributed by atoms with E-state index in [-0.39, 0.29) is 11.3 Å². The number of carboxylic acid groups (broad SMARTS) is 1. The Labute approximate surface area is 124 Å². The van der Waals surface area contributed by atoms with Gasteiger partial charge in [0.25, 0.3) is 5.69 Å². The number of aryl methyl sites for hydroxylation is 1. The fourth-order valence-corrected chi connectivity index (χ4v) is 2.75. The zero-order chi connectivity index (χ0) is 15.6. The van der Waals surface area contributed by atoms with Crippen molar-refractivity contribution in [3.63, 3.8) is 0 Å². The second-order valence-electron chi connectivity index (χ2n) is 4.48. The number of aromatic nitrogens is 1. The van der Waals surface area contributed by atoms with Crippen molar-refractivity contribution < 1.29 is 14.8 Å². The first kappa shape index (κ1) is 14.9. The van der Waals surface area contributed by atoms with Crippen LogP contribution in [0.15, 0.2) is 23.7 Å². The molecule has 0 amide bonds. The Morgan fingerprint density at radius 1 is 1.52 bits per heavy atom. The Morgan fingerprint density at radius 3 is 2.76 bits per heavy atom. The molecule has 0 aliphatic carbocycles. The molecule has 0 radical (unpaired) electrons. The van der Waals surface area contributed by atoms with Crippen LogP contribution in [0.4, 0.5) is 11.4 Å². The predicted octanol–water partition coefficient (Wildman–Crippen LogP) is 2.69. The van der Waals surface area contributed by atoms with E-state index in [4.69, 9.17) is 0 Å². The fourth-order valence-electron chi connectivity index (χ4n) is 1.92. The number of benzene rings is 1. The first-order valence-corrected chi connectivity index (χ1v) is 6.90. The Kier molecular flexibility index (Phi) is 4.18. The van der Waals surface area contributed by atoms with Crippen LogP contribution in [0, 0.1) is 17.0 Å². The van der Waals surface area contributed by atoms with Crippen LogP contribution in [-0.2, 0) is 6.54 Å². The number of carbonyl (C=O) groups is 1. The standard InChI is InChI=1S/C13H13N3O4S/c1-8-12(21-7-14-8)6-15(2)11-4-3-9(16(19)20)5-10(11)13(17)18/h3-5,7H,6H2,1-2H3,(H,17,18). The highest BCUT2D eigenvalue weighted by Crippen LogP contribution is 2.27. The van der Waals surface area contributed by atoms with E-state index in [0.717, 1.165) is 16.6 Å². The summed E-state index contributed by atoms with van der Waals surface area (Å²) in [6.07, 6.45) is 0. The molecule has 8 heteroatoms. The van der Waals surface area contributed by atoms with Crippen LogP contribution < -0.4 is 4.90 Å². The summed E-state index contributed by atoms with van der Waals surface area (Å²) in [4.78, 5) is 28.4. The molecule has 1 N–H and O–H groups in total. The highest BCUT2D eigenvalue weighted by molar-refractivity contribution is 7.09. The summed E-state index contributed by atoms with van der Waals surface area (Å²) in [5, 5.41) is 20.0. The van der Waals surface area contributed by atoms with Gasteiger partial charge in [0.05, 0.1) is 33.9 Å². The SMILES string of the molecule is Cc1ncsc1CN(C)c1ccc([N+](=O)[O-])cc1C(=O)O. The summed E-state index contributed by atoms with van der Waals surface area (Å²) >= 11 is 1.49. The van der Waals surface area contributed by atoms with Gasteiger partial charge >= 0.3 is 5.97 Å². The summed E-state index contributed by atoms with van der Waals surface area (Å²) in [6, 6.07) is 3.84. The number of hydrogen-bond acceptors (Lipinski definition) is 6. The summed E-state index contributed by atoms with van der Waals surface area (Å²) in [6.45, 7) is 2.38. The third-order valence-corrected chi connectivity index (χ3v) is 3.98. The maximum Gasteiger partial charge on any atom is 0.338 e. The molecule has 0 fully saturated rings. The Morgan fingerprint density at radius 2 is 2.24 bits per heavy atom. The molecule has 0 saturated heterocycles. The lowest BCUT2D eigenvalue weighted by Gasteiger charge is -2.20. The van der Waals surface area contributed by atoms with E-state index in [1.165, 1.54) is 23.5 Å². The Bertz CT molecular complexity index is 698. The minimum Gasteiger partial charge on any atom is -0.478 e. The topological polar surface area (TPSA) is 96.6 Å². The molecule has 2 aromatic rings. The van der Waals surface area contributed by atoms with Gasteiger partial charge in [0, 0.05) is 24.1 Å². The molecule has 110 valence electrons. The normalized spacial score (nSPS) is 10.4. The molecule has 0 aliphatic heterocycles. The molecule has 1 heterocycles. The van der Waals surface area contributed by atoms with Crippen LogP contribution in [0.1, 0.15) is 20.9 Å². The Balaban J connectivity index is 2.36. The van der Waals surface area contributed by atoms with Gasteiger partial charge in [-0.25, -0.2) is 9.78 Å². The lowest BCUT2D eigenvalue weighted by atomic mass is 10.1. The average Bonchev–Trinajstić information content (AvgIpc) is 2.83. The first-order valence-electron chi connectivity index (χ1n) is 6.02. The van der Waals surface area contributed by atoms with Crippen molar-refractivity contribution in [2.75, 3.05) is 11.9 Å². The van der Waals surface area contributed by atoms with E-state index in [2.05, 4.69) is 4.98 Å². The van der Waals surface area contributed by atoms with Crippen molar-refractivity contribution in [2.45, 2.75) is 13.5 Å². The van der Waals surface area contributed by atoms with Gasteiger partial charge in [0.2, 0.25) is 0 Å². The van der Waals surface area contributed by atoms with Crippen LogP contribution in [0.3, 0.4) is 0 Å². The van der Waals surface area contributed by atoms with Gasteiger partial charge in [0.15, 0.2) is 0 Å². The second-order valence-corrected chi connectivity index (χ2v) is 5.42. The minimum absolute atomic E-state index is 0.0890. The number of hydrogen-bond donors (Lipinski definition) is 1. The predicted molar refractivity (Wildman–Crippen MR) is 79.0 cm³/mol. The van der Waals surface area contributed by atoms with Gasteiger partial charge in [-0.15, -0.1) is 11.3 Å². The fraction of sp³-hybridized carbons (Fsp3) is 0.231. The van der Waals surface area contributed by atoms with Gasteiger partial charge in [-0.3, -0.25) is 10.1 Å². The molecular weight excluding hydrogens is 294 g/mol.